The van der Waals surface area contributed by atoms with Gasteiger partial charge < -0.3 is 9.47 Å². The Balaban J connectivity index is 1.78. The van der Waals surface area contributed by atoms with Gasteiger partial charge in [0.05, 0.1) is 0 Å². The predicted molar refractivity (Wildman–Crippen MR) is 68.1 cm³/mol. The smallest absolute Gasteiger partial charge is 0.344 e. The SMILES string of the molecule is O=C(COc1ccccc1F)OCc1ccc(F)cc1. The van der Waals surface area contributed by atoms with Crippen LogP contribution < -0.4 is 4.74 Å². The lowest BCUT2D eigenvalue weighted by atomic mass is 10.2. The Morgan fingerprint density at radius 2 is 1.70 bits per heavy atom. The number of hydrogen-bond donors (Lipinski definition) is 0. The monoisotopic (exact) mass is 278 g/mol. The second kappa shape index (κ2) is 6.65. The Bertz CT molecular complexity index is 582. The highest BCUT2D eigenvalue weighted by atomic mass is 19.1. The van der Waals surface area contributed by atoms with Gasteiger partial charge in [-0.2, -0.15) is 0 Å². The third kappa shape index (κ3) is 4.05. The number of esters is 1. The molecular weight excluding hydrogens is 266 g/mol. The van der Waals surface area contributed by atoms with Crippen molar-refractivity contribution in [1.82, 2.24) is 0 Å². The first kappa shape index (κ1) is 14.0. The zero-order valence-corrected chi connectivity index (χ0v) is 10.5. The standard InChI is InChI=1S/C15H12F2O3/c16-12-7-5-11(6-8-12)9-20-15(18)10-19-14-4-2-1-3-13(14)17/h1-8H,9-10H2. The fraction of sp³-hybridized carbons (Fsp3) is 0.133. The third-order valence-corrected chi connectivity index (χ3v) is 2.50. The average Bonchev–Trinajstić information content (AvgIpc) is 2.46. The minimum atomic E-state index is -0.627. The quantitative estimate of drug-likeness (QED) is 0.788. The van der Waals surface area contributed by atoms with Gasteiger partial charge in [-0.3, -0.25) is 0 Å². The van der Waals surface area contributed by atoms with Crippen molar-refractivity contribution in [2.45, 2.75) is 6.61 Å². The molecule has 0 fully saturated rings. The lowest BCUT2D eigenvalue weighted by Gasteiger charge is -2.07. The fourth-order valence-electron chi connectivity index (χ4n) is 1.48. The maximum Gasteiger partial charge on any atom is 0.344 e. The number of rotatable bonds is 5. The van der Waals surface area contributed by atoms with E-state index in [1.54, 1.807) is 6.07 Å². The molecule has 5 heteroatoms. The Kier molecular flexibility index (Phi) is 4.65. The lowest BCUT2D eigenvalue weighted by Crippen LogP contribution is -2.15. The highest BCUT2D eigenvalue weighted by Crippen LogP contribution is 2.15. The van der Waals surface area contributed by atoms with Gasteiger partial charge in [0.15, 0.2) is 18.2 Å². The summed E-state index contributed by atoms with van der Waals surface area (Å²) in [4.78, 5) is 11.4. The summed E-state index contributed by atoms with van der Waals surface area (Å²) in [5, 5.41) is 0. The van der Waals surface area contributed by atoms with Crippen molar-refractivity contribution in [3.63, 3.8) is 0 Å². The first-order chi connectivity index (χ1) is 9.65. The topological polar surface area (TPSA) is 35.5 Å². The summed E-state index contributed by atoms with van der Waals surface area (Å²) >= 11 is 0. The predicted octanol–water partition coefficient (Wildman–Crippen LogP) is 3.09. The minimum Gasteiger partial charge on any atom is -0.479 e. The van der Waals surface area contributed by atoms with Crippen molar-refractivity contribution in [1.29, 1.82) is 0 Å². The first-order valence-electron chi connectivity index (χ1n) is 5.92. The van der Waals surface area contributed by atoms with Gasteiger partial charge in [0.1, 0.15) is 12.4 Å². The van der Waals surface area contributed by atoms with E-state index in [9.17, 15) is 13.6 Å². The second-order valence-corrected chi connectivity index (χ2v) is 4.01. The van der Waals surface area contributed by atoms with Gasteiger partial charge in [0, 0.05) is 0 Å². The molecule has 2 aromatic carbocycles. The third-order valence-electron chi connectivity index (χ3n) is 2.50. The molecule has 3 nitrogen and oxygen atoms in total. The van der Waals surface area contributed by atoms with Crippen LogP contribution in [-0.4, -0.2) is 12.6 Å². The summed E-state index contributed by atoms with van der Waals surface area (Å²) < 4.78 is 35.8. The second-order valence-electron chi connectivity index (χ2n) is 4.01. The van der Waals surface area contributed by atoms with Crippen LogP contribution in [0.15, 0.2) is 48.5 Å². The molecule has 0 atom stereocenters. The maximum atomic E-state index is 13.2. The molecule has 0 aromatic heterocycles. The Morgan fingerprint density at radius 3 is 2.40 bits per heavy atom. The van der Waals surface area contributed by atoms with E-state index in [1.165, 1.54) is 42.5 Å². The van der Waals surface area contributed by atoms with E-state index in [4.69, 9.17) is 9.47 Å². The lowest BCUT2D eigenvalue weighted by molar-refractivity contribution is -0.147. The van der Waals surface area contributed by atoms with Crippen molar-refractivity contribution >= 4 is 5.97 Å². The largest absolute Gasteiger partial charge is 0.479 e. The maximum absolute atomic E-state index is 13.2. The molecule has 0 aliphatic heterocycles. The van der Waals surface area contributed by atoms with Gasteiger partial charge >= 0.3 is 5.97 Å². The van der Waals surface area contributed by atoms with Gasteiger partial charge in [-0.25, -0.2) is 13.6 Å². The molecule has 0 amide bonds. The number of ether oxygens (including phenoxy) is 2. The van der Waals surface area contributed by atoms with Crippen LogP contribution >= 0.6 is 0 Å². The zero-order chi connectivity index (χ0) is 14.4. The fourth-order valence-corrected chi connectivity index (χ4v) is 1.48. The van der Waals surface area contributed by atoms with E-state index in [1.807, 2.05) is 0 Å². The molecular formula is C15H12F2O3. The Hall–Kier alpha value is -2.43. The van der Waals surface area contributed by atoms with E-state index in [-0.39, 0.29) is 24.8 Å². The van der Waals surface area contributed by atoms with Crippen LogP contribution in [0.4, 0.5) is 8.78 Å². The highest BCUT2D eigenvalue weighted by Gasteiger charge is 2.07. The summed E-state index contributed by atoms with van der Waals surface area (Å²) in [6.07, 6.45) is 0. The molecule has 2 rings (SSSR count). The van der Waals surface area contributed by atoms with Crippen LogP contribution in [0, 0.1) is 11.6 Å². The number of benzene rings is 2. The van der Waals surface area contributed by atoms with Crippen molar-refractivity contribution in [3.8, 4) is 5.75 Å². The van der Waals surface area contributed by atoms with Gasteiger partial charge in [0.25, 0.3) is 0 Å². The highest BCUT2D eigenvalue weighted by molar-refractivity contribution is 5.71. The summed E-state index contributed by atoms with van der Waals surface area (Å²) in [7, 11) is 0. The van der Waals surface area contributed by atoms with E-state index in [0.29, 0.717) is 5.56 Å². The molecule has 0 bridgehead atoms. The molecule has 0 radical (unpaired) electrons. The van der Waals surface area contributed by atoms with E-state index in [2.05, 4.69) is 0 Å². The number of carbonyl (C=O) groups excluding carboxylic acids is 1. The van der Waals surface area contributed by atoms with Crippen LogP contribution in [0.1, 0.15) is 5.56 Å². The normalized spacial score (nSPS) is 10.1. The van der Waals surface area contributed by atoms with Crippen LogP contribution in [-0.2, 0) is 16.1 Å². The zero-order valence-electron chi connectivity index (χ0n) is 10.5. The molecule has 0 aliphatic carbocycles. The van der Waals surface area contributed by atoms with Crippen LogP contribution in [0.3, 0.4) is 0 Å². The molecule has 0 saturated heterocycles. The average molecular weight is 278 g/mol. The molecule has 0 spiro atoms. The van der Waals surface area contributed by atoms with Crippen LogP contribution in [0.2, 0.25) is 0 Å². The molecule has 0 unspecified atom stereocenters. The molecule has 0 saturated carbocycles. The summed E-state index contributed by atoms with van der Waals surface area (Å²) in [5.74, 6) is -1.54. The molecule has 0 heterocycles. The van der Waals surface area contributed by atoms with Gasteiger partial charge in [-0.1, -0.05) is 24.3 Å². The summed E-state index contributed by atoms with van der Waals surface area (Å²) in [6.45, 7) is -0.373. The molecule has 2 aromatic rings. The number of halogens is 2. The van der Waals surface area contributed by atoms with Gasteiger partial charge in [0.2, 0.25) is 0 Å². The first-order valence-corrected chi connectivity index (χ1v) is 5.92. The van der Waals surface area contributed by atoms with E-state index < -0.39 is 11.8 Å². The number of hydrogen-bond acceptors (Lipinski definition) is 3. The molecule has 104 valence electrons. The molecule has 0 N–H and O–H groups in total. The van der Waals surface area contributed by atoms with Crippen LogP contribution in [0.25, 0.3) is 0 Å². The van der Waals surface area contributed by atoms with Crippen molar-refractivity contribution in [2.24, 2.45) is 0 Å². The summed E-state index contributed by atoms with van der Waals surface area (Å²) in [6, 6.07) is 11.4. The number of carbonyl (C=O) groups is 1. The van der Waals surface area contributed by atoms with Crippen molar-refractivity contribution in [2.75, 3.05) is 6.61 Å². The van der Waals surface area contributed by atoms with Gasteiger partial charge in [-0.15, -0.1) is 0 Å². The van der Waals surface area contributed by atoms with Gasteiger partial charge in [-0.05, 0) is 29.8 Å². The summed E-state index contributed by atoms with van der Waals surface area (Å²) in [5.41, 5.74) is 0.658. The molecule has 20 heavy (non-hydrogen) atoms. The minimum absolute atomic E-state index is 0.00812. The molecule has 0 aliphatic rings. The number of para-hydroxylation sites is 1. The van der Waals surface area contributed by atoms with E-state index in [0.717, 1.165) is 0 Å². The van der Waals surface area contributed by atoms with Crippen molar-refractivity contribution < 1.29 is 23.0 Å². The Labute approximate surface area is 114 Å². The Morgan fingerprint density at radius 1 is 1.00 bits per heavy atom. The van der Waals surface area contributed by atoms with Crippen molar-refractivity contribution in [3.05, 3.63) is 65.7 Å². The van der Waals surface area contributed by atoms with E-state index >= 15 is 0 Å². The van der Waals surface area contributed by atoms with Crippen LogP contribution in [0.5, 0.6) is 5.75 Å².